The molecule has 2 rings (SSSR count). The molecule has 0 saturated heterocycles. The zero-order valence-electron chi connectivity index (χ0n) is 10.3. The Labute approximate surface area is 111 Å². The third-order valence-corrected chi connectivity index (χ3v) is 2.90. The summed E-state index contributed by atoms with van der Waals surface area (Å²) in [5.41, 5.74) is 1.13. The summed E-state index contributed by atoms with van der Waals surface area (Å²) in [4.78, 5) is 13.1. The molecule has 0 fully saturated rings. The van der Waals surface area contributed by atoms with Gasteiger partial charge in [0, 0.05) is 31.6 Å². The topological polar surface area (TPSA) is 33.5 Å². The van der Waals surface area contributed by atoms with Crippen molar-refractivity contribution in [2.24, 2.45) is 0 Å². The van der Waals surface area contributed by atoms with Crippen LogP contribution >= 0.6 is 11.6 Å². The number of furan rings is 1. The smallest absolute Gasteiger partial charge is 0.196 e. The molecule has 2 aromatic rings. The van der Waals surface area contributed by atoms with Crippen LogP contribution in [0.5, 0.6) is 0 Å². The first-order valence-electron chi connectivity index (χ1n) is 5.62. The van der Waals surface area contributed by atoms with Crippen molar-refractivity contribution in [2.75, 3.05) is 11.9 Å². The molecule has 0 bridgehead atoms. The highest BCUT2D eigenvalue weighted by Crippen LogP contribution is 2.20. The number of nitrogens with zero attached hydrogens (tertiary/aromatic N) is 1. The average molecular weight is 264 g/mol. The van der Waals surface area contributed by atoms with Gasteiger partial charge in [-0.1, -0.05) is 23.7 Å². The van der Waals surface area contributed by atoms with Crippen LogP contribution < -0.4 is 4.90 Å². The van der Waals surface area contributed by atoms with Crippen molar-refractivity contribution < 1.29 is 9.21 Å². The lowest BCUT2D eigenvalue weighted by Crippen LogP contribution is -2.15. The number of Topliss-reactive ketones (excluding diaryl/α,β-unsaturated/α-hetero) is 1. The predicted octanol–water partition coefficient (Wildman–Crippen LogP) is 3.77. The number of hydrogen-bond donors (Lipinski definition) is 0. The molecule has 3 nitrogen and oxygen atoms in total. The molecule has 1 aromatic heterocycles. The van der Waals surface area contributed by atoms with Gasteiger partial charge in [0.1, 0.15) is 0 Å². The summed E-state index contributed by atoms with van der Waals surface area (Å²) >= 11 is 5.83. The van der Waals surface area contributed by atoms with E-state index in [2.05, 4.69) is 0 Å². The largest absolute Gasteiger partial charge is 0.437 e. The van der Waals surface area contributed by atoms with Gasteiger partial charge in [-0.25, -0.2) is 0 Å². The van der Waals surface area contributed by atoms with Crippen molar-refractivity contribution >= 4 is 23.3 Å². The van der Waals surface area contributed by atoms with Gasteiger partial charge in [-0.15, -0.1) is 0 Å². The van der Waals surface area contributed by atoms with Crippen molar-refractivity contribution in [1.82, 2.24) is 0 Å². The standard InChI is InChI=1S/C14H14ClNO2/c1-10(17)13-7-8-14(18-13)16(2)9-11-3-5-12(15)6-4-11/h3-8H,9H2,1-2H3. The molecular weight excluding hydrogens is 250 g/mol. The Morgan fingerprint density at radius 3 is 2.44 bits per heavy atom. The SMILES string of the molecule is CC(=O)c1ccc(N(C)Cc2ccc(Cl)cc2)o1. The van der Waals surface area contributed by atoms with Gasteiger partial charge in [-0.2, -0.15) is 0 Å². The molecule has 0 spiro atoms. The molecule has 0 aliphatic carbocycles. The molecule has 0 radical (unpaired) electrons. The van der Waals surface area contributed by atoms with E-state index < -0.39 is 0 Å². The summed E-state index contributed by atoms with van der Waals surface area (Å²) in [5.74, 6) is 0.990. The third kappa shape index (κ3) is 2.93. The summed E-state index contributed by atoms with van der Waals surface area (Å²) in [5, 5.41) is 0.721. The first-order chi connectivity index (χ1) is 8.56. The van der Waals surface area contributed by atoms with E-state index in [4.69, 9.17) is 16.0 Å². The van der Waals surface area contributed by atoms with Crippen LogP contribution in [0.1, 0.15) is 23.0 Å². The highest BCUT2D eigenvalue weighted by Gasteiger charge is 2.10. The second kappa shape index (κ2) is 5.27. The van der Waals surface area contributed by atoms with E-state index >= 15 is 0 Å². The van der Waals surface area contributed by atoms with E-state index in [1.54, 1.807) is 12.1 Å². The maximum Gasteiger partial charge on any atom is 0.196 e. The van der Waals surface area contributed by atoms with E-state index in [0.29, 0.717) is 18.2 Å². The Balaban J connectivity index is 2.09. The van der Waals surface area contributed by atoms with Gasteiger partial charge in [0.05, 0.1) is 0 Å². The zero-order valence-corrected chi connectivity index (χ0v) is 11.1. The number of carbonyl (C=O) groups is 1. The summed E-state index contributed by atoms with van der Waals surface area (Å²) < 4.78 is 5.45. The fourth-order valence-electron chi connectivity index (χ4n) is 1.66. The molecule has 0 atom stereocenters. The number of hydrogen-bond acceptors (Lipinski definition) is 3. The Kier molecular flexibility index (Phi) is 3.72. The minimum atomic E-state index is -0.0684. The second-order valence-electron chi connectivity index (χ2n) is 4.18. The quantitative estimate of drug-likeness (QED) is 0.788. The van der Waals surface area contributed by atoms with Crippen molar-refractivity contribution in [3.05, 3.63) is 52.7 Å². The van der Waals surface area contributed by atoms with Crippen molar-refractivity contribution in [3.8, 4) is 0 Å². The molecule has 0 saturated carbocycles. The maximum absolute atomic E-state index is 11.2. The average Bonchev–Trinajstić information content (AvgIpc) is 2.81. The van der Waals surface area contributed by atoms with Gasteiger partial charge in [0.2, 0.25) is 0 Å². The Hall–Kier alpha value is -1.74. The van der Waals surface area contributed by atoms with Gasteiger partial charge < -0.3 is 9.32 Å². The second-order valence-corrected chi connectivity index (χ2v) is 4.61. The fourth-order valence-corrected chi connectivity index (χ4v) is 1.79. The fraction of sp³-hybridized carbons (Fsp3) is 0.214. The number of anilines is 1. The van der Waals surface area contributed by atoms with Crippen LogP contribution in [0.2, 0.25) is 5.02 Å². The van der Waals surface area contributed by atoms with Crippen LogP contribution in [0, 0.1) is 0 Å². The predicted molar refractivity (Wildman–Crippen MR) is 72.3 cm³/mol. The number of rotatable bonds is 4. The maximum atomic E-state index is 11.2. The van der Waals surface area contributed by atoms with Gasteiger partial charge >= 0.3 is 0 Å². The monoisotopic (exact) mass is 263 g/mol. The van der Waals surface area contributed by atoms with Crippen LogP contribution in [0.25, 0.3) is 0 Å². The molecule has 18 heavy (non-hydrogen) atoms. The van der Waals surface area contributed by atoms with Gasteiger partial charge in [0.15, 0.2) is 17.4 Å². The molecule has 0 aliphatic rings. The van der Waals surface area contributed by atoms with E-state index in [1.807, 2.05) is 36.2 Å². The lowest BCUT2D eigenvalue weighted by molar-refractivity contribution is 0.0988. The summed E-state index contributed by atoms with van der Waals surface area (Å²) in [6, 6.07) is 11.1. The summed E-state index contributed by atoms with van der Waals surface area (Å²) in [7, 11) is 1.91. The molecule has 0 aliphatic heterocycles. The lowest BCUT2D eigenvalue weighted by Gasteiger charge is -2.15. The van der Waals surface area contributed by atoms with Crippen LogP contribution in [-0.4, -0.2) is 12.8 Å². The molecule has 1 aromatic carbocycles. The summed E-state index contributed by atoms with van der Waals surface area (Å²) in [6.07, 6.45) is 0. The minimum Gasteiger partial charge on any atom is -0.437 e. The van der Waals surface area contributed by atoms with Crippen LogP contribution in [-0.2, 0) is 6.54 Å². The number of halogens is 1. The van der Waals surface area contributed by atoms with E-state index in [1.165, 1.54) is 6.92 Å². The highest BCUT2D eigenvalue weighted by molar-refractivity contribution is 6.30. The van der Waals surface area contributed by atoms with Crippen molar-refractivity contribution in [1.29, 1.82) is 0 Å². The van der Waals surface area contributed by atoms with Crippen LogP contribution in [0.4, 0.5) is 5.88 Å². The van der Waals surface area contributed by atoms with E-state index in [0.717, 1.165) is 10.6 Å². The van der Waals surface area contributed by atoms with Crippen LogP contribution in [0.3, 0.4) is 0 Å². The molecule has 0 N–H and O–H groups in total. The Morgan fingerprint density at radius 1 is 1.22 bits per heavy atom. The minimum absolute atomic E-state index is 0.0684. The first-order valence-corrected chi connectivity index (χ1v) is 6.00. The molecular formula is C14H14ClNO2. The molecule has 4 heteroatoms. The van der Waals surface area contributed by atoms with Crippen molar-refractivity contribution in [2.45, 2.75) is 13.5 Å². The lowest BCUT2D eigenvalue weighted by atomic mass is 10.2. The number of carbonyl (C=O) groups excluding carboxylic acids is 1. The first kappa shape index (κ1) is 12.7. The normalized spacial score (nSPS) is 10.4. The van der Waals surface area contributed by atoms with Crippen molar-refractivity contribution in [3.63, 3.8) is 0 Å². The molecule has 0 unspecified atom stereocenters. The Morgan fingerprint density at radius 2 is 1.89 bits per heavy atom. The molecule has 1 heterocycles. The van der Waals surface area contributed by atoms with E-state index in [9.17, 15) is 4.79 Å². The highest BCUT2D eigenvalue weighted by atomic mass is 35.5. The Bertz CT molecular complexity index is 545. The molecule has 0 amide bonds. The number of ketones is 1. The van der Waals surface area contributed by atoms with Gasteiger partial charge in [0.25, 0.3) is 0 Å². The van der Waals surface area contributed by atoms with Crippen LogP contribution in [0.15, 0.2) is 40.8 Å². The van der Waals surface area contributed by atoms with Gasteiger partial charge in [-0.3, -0.25) is 4.79 Å². The summed E-state index contributed by atoms with van der Waals surface area (Å²) in [6.45, 7) is 2.18. The zero-order chi connectivity index (χ0) is 13.1. The molecule has 94 valence electrons. The van der Waals surface area contributed by atoms with E-state index in [-0.39, 0.29) is 5.78 Å². The number of benzene rings is 1. The van der Waals surface area contributed by atoms with Gasteiger partial charge in [-0.05, 0) is 23.8 Å². The third-order valence-electron chi connectivity index (χ3n) is 2.65.